The van der Waals surface area contributed by atoms with E-state index in [4.69, 9.17) is 11.6 Å². The molecule has 1 fully saturated rings. The number of alkyl halides is 3. The van der Waals surface area contributed by atoms with E-state index < -0.39 is 11.7 Å². The molecule has 0 saturated carbocycles. The number of likely N-dealkylation sites (tertiary alicyclic amines) is 1. The van der Waals surface area contributed by atoms with Crippen LogP contribution in [0.25, 0.3) is 0 Å². The number of nitrogens with one attached hydrogen (secondary N) is 1. The molecule has 0 radical (unpaired) electrons. The van der Waals surface area contributed by atoms with Crippen LogP contribution in [-0.4, -0.2) is 29.8 Å². The first-order valence-electron chi connectivity index (χ1n) is 8.77. The number of carbonyl (C=O) groups is 2. The van der Waals surface area contributed by atoms with Gasteiger partial charge in [-0.15, -0.1) is 0 Å². The van der Waals surface area contributed by atoms with Crippen molar-refractivity contribution in [1.29, 1.82) is 0 Å². The van der Waals surface area contributed by atoms with Gasteiger partial charge < -0.3 is 10.2 Å². The number of rotatable bonds is 3. The van der Waals surface area contributed by atoms with Gasteiger partial charge in [0.2, 0.25) is 5.91 Å². The van der Waals surface area contributed by atoms with Gasteiger partial charge in [-0.2, -0.15) is 13.2 Å². The Morgan fingerprint density at radius 2 is 1.61 bits per heavy atom. The van der Waals surface area contributed by atoms with Gasteiger partial charge in [0, 0.05) is 24.7 Å². The van der Waals surface area contributed by atoms with Crippen molar-refractivity contribution in [3.05, 3.63) is 64.7 Å². The molecule has 1 aliphatic rings. The maximum atomic E-state index is 12.6. The van der Waals surface area contributed by atoms with Gasteiger partial charge in [0.1, 0.15) is 0 Å². The Morgan fingerprint density at radius 1 is 1.00 bits per heavy atom. The van der Waals surface area contributed by atoms with Gasteiger partial charge in [-0.3, -0.25) is 9.59 Å². The molecule has 1 heterocycles. The Kier molecular flexibility index (Phi) is 5.93. The highest BCUT2D eigenvalue weighted by molar-refractivity contribution is 6.33. The number of halogens is 4. The fourth-order valence-corrected chi connectivity index (χ4v) is 3.35. The molecule has 0 aromatic heterocycles. The molecule has 2 aromatic carbocycles. The lowest BCUT2D eigenvalue weighted by Crippen LogP contribution is -2.41. The summed E-state index contributed by atoms with van der Waals surface area (Å²) < 4.78 is 37.8. The van der Waals surface area contributed by atoms with Crippen molar-refractivity contribution in [3.8, 4) is 0 Å². The number of benzene rings is 2. The van der Waals surface area contributed by atoms with E-state index >= 15 is 0 Å². The van der Waals surface area contributed by atoms with Gasteiger partial charge in [-0.05, 0) is 49.2 Å². The molecule has 8 heteroatoms. The summed E-state index contributed by atoms with van der Waals surface area (Å²) in [5, 5.41) is 3.03. The molecule has 2 aromatic rings. The number of piperidine rings is 1. The van der Waals surface area contributed by atoms with Gasteiger partial charge in [0.15, 0.2) is 0 Å². The Hall–Kier alpha value is -2.54. The molecule has 0 aliphatic carbocycles. The summed E-state index contributed by atoms with van der Waals surface area (Å²) in [6, 6.07) is 11.1. The molecule has 1 saturated heterocycles. The molecule has 1 aliphatic heterocycles. The van der Waals surface area contributed by atoms with Crippen molar-refractivity contribution in [2.75, 3.05) is 18.4 Å². The average Bonchev–Trinajstić information content (AvgIpc) is 2.67. The number of amides is 2. The molecular formula is C20H18ClF3N2O2. The lowest BCUT2D eigenvalue weighted by molar-refractivity contribution is -0.137. The summed E-state index contributed by atoms with van der Waals surface area (Å²) in [6.07, 6.45) is -3.46. The number of nitrogens with zero attached hydrogens (tertiary/aromatic N) is 1. The topological polar surface area (TPSA) is 49.4 Å². The largest absolute Gasteiger partial charge is 0.416 e. The molecule has 28 heavy (non-hydrogen) atoms. The lowest BCUT2D eigenvalue weighted by atomic mass is 9.95. The van der Waals surface area contributed by atoms with Gasteiger partial charge in [-0.25, -0.2) is 0 Å². The monoisotopic (exact) mass is 410 g/mol. The zero-order chi connectivity index (χ0) is 20.3. The molecule has 148 valence electrons. The minimum Gasteiger partial charge on any atom is -0.339 e. The Balaban J connectivity index is 1.55. The first-order chi connectivity index (χ1) is 13.3. The maximum Gasteiger partial charge on any atom is 0.416 e. The van der Waals surface area contributed by atoms with Crippen molar-refractivity contribution in [3.63, 3.8) is 0 Å². The van der Waals surface area contributed by atoms with Crippen LogP contribution in [0.2, 0.25) is 5.02 Å². The SMILES string of the molecule is O=C(Nc1ccc(C(F)(F)F)cc1)C1CCN(C(=O)c2ccccc2Cl)CC1. The van der Waals surface area contributed by atoms with Crippen LogP contribution in [0.15, 0.2) is 48.5 Å². The van der Waals surface area contributed by atoms with E-state index in [0.29, 0.717) is 42.2 Å². The van der Waals surface area contributed by atoms with Crippen LogP contribution in [0.3, 0.4) is 0 Å². The number of carbonyl (C=O) groups excluding carboxylic acids is 2. The molecule has 4 nitrogen and oxygen atoms in total. The Morgan fingerprint density at radius 3 is 2.18 bits per heavy atom. The molecule has 0 spiro atoms. The maximum absolute atomic E-state index is 12.6. The molecule has 2 amide bonds. The Bertz CT molecular complexity index is 860. The number of hydrogen-bond acceptors (Lipinski definition) is 2. The van der Waals surface area contributed by atoms with E-state index in [1.54, 1.807) is 29.2 Å². The molecule has 3 rings (SSSR count). The summed E-state index contributed by atoms with van der Waals surface area (Å²) in [5.74, 6) is -0.741. The van der Waals surface area contributed by atoms with Crippen molar-refractivity contribution in [2.24, 2.45) is 5.92 Å². The van der Waals surface area contributed by atoms with Crippen LogP contribution >= 0.6 is 11.6 Å². The van der Waals surface area contributed by atoms with E-state index in [1.807, 2.05) is 0 Å². The van der Waals surface area contributed by atoms with E-state index in [0.717, 1.165) is 12.1 Å². The summed E-state index contributed by atoms with van der Waals surface area (Å²) in [6.45, 7) is 0.824. The van der Waals surface area contributed by atoms with Crippen LogP contribution in [0.4, 0.5) is 18.9 Å². The summed E-state index contributed by atoms with van der Waals surface area (Å²) >= 11 is 6.06. The van der Waals surface area contributed by atoms with Crippen LogP contribution in [-0.2, 0) is 11.0 Å². The summed E-state index contributed by atoms with van der Waals surface area (Å²) in [4.78, 5) is 26.6. The molecule has 1 N–H and O–H groups in total. The van der Waals surface area contributed by atoms with E-state index in [2.05, 4.69) is 5.32 Å². The summed E-state index contributed by atoms with van der Waals surface area (Å²) in [5.41, 5.74) is -0.0266. The number of anilines is 1. The second-order valence-electron chi connectivity index (χ2n) is 6.61. The molecule has 0 unspecified atom stereocenters. The smallest absolute Gasteiger partial charge is 0.339 e. The highest BCUT2D eigenvalue weighted by Gasteiger charge is 2.31. The van der Waals surface area contributed by atoms with Gasteiger partial charge in [0.25, 0.3) is 5.91 Å². The number of hydrogen-bond donors (Lipinski definition) is 1. The second kappa shape index (κ2) is 8.22. The summed E-state index contributed by atoms with van der Waals surface area (Å²) in [7, 11) is 0. The quantitative estimate of drug-likeness (QED) is 0.786. The van der Waals surface area contributed by atoms with Gasteiger partial charge in [0.05, 0.1) is 16.1 Å². The normalized spacial score (nSPS) is 15.4. The Labute approximate surface area is 165 Å². The molecular weight excluding hydrogens is 393 g/mol. The fraction of sp³-hybridized carbons (Fsp3) is 0.300. The highest BCUT2D eigenvalue weighted by atomic mass is 35.5. The average molecular weight is 411 g/mol. The van der Waals surface area contributed by atoms with Crippen LogP contribution in [0.1, 0.15) is 28.8 Å². The minimum absolute atomic E-state index is 0.174. The van der Waals surface area contributed by atoms with Gasteiger partial charge >= 0.3 is 6.18 Å². The van der Waals surface area contributed by atoms with Crippen molar-refractivity contribution >= 4 is 29.1 Å². The fourth-order valence-electron chi connectivity index (χ4n) is 3.14. The van der Waals surface area contributed by atoms with E-state index in [-0.39, 0.29) is 17.7 Å². The first kappa shape index (κ1) is 20.2. The lowest BCUT2D eigenvalue weighted by Gasteiger charge is -2.31. The molecule has 0 atom stereocenters. The van der Waals surface area contributed by atoms with Crippen LogP contribution < -0.4 is 5.32 Å². The zero-order valence-corrected chi connectivity index (χ0v) is 15.6. The standard InChI is InChI=1S/C20H18ClF3N2O2/c21-17-4-2-1-3-16(17)19(28)26-11-9-13(10-12-26)18(27)25-15-7-5-14(6-8-15)20(22,23)24/h1-8,13H,9-12H2,(H,25,27). The second-order valence-corrected chi connectivity index (χ2v) is 7.02. The van der Waals surface area contributed by atoms with E-state index in [9.17, 15) is 22.8 Å². The van der Waals surface area contributed by atoms with Crippen molar-refractivity contribution < 1.29 is 22.8 Å². The van der Waals surface area contributed by atoms with Crippen molar-refractivity contribution in [2.45, 2.75) is 19.0 Å². The van der Waals surface area contributed by atoms with Crippen LogP contribution in [0.5, 0.6) is 0 Å². The third-order valence-corrected chi connectivity index (χ3v) is 5.07. The van der Waals surface area contributed by atoms with Crippen LogP contribution in [0, 0.1) is 5.92 Å². The predicted molar refractivity (Wildman–Crippen MR) is 100 cm³/mol. The third-order valence-electron chi connectivity index (χ3n) is 4.74. The molecule has 0 bridgehead atoms. The first-order valence-corrected chi connectivity index (χ1v) is 9.15. The van der Waals surface area contributed by atoms with Gasteiger partial charge in [-0.1, -0.05) is 23.7 Å². The minimum atomic E-state index is -4.41. The zero-order valence-electron chi connectivity index (χ0n) is 14.8. The van der Waals surface area contributed by atoms with E-state index in [1.165, 1.54) is 12.1 Å². The highest BCUT2D eigenvalue weighted by Crippen LogP contribution is 2.30. The predicted octanol–water partition coefficient (Wildman–Crippen LogP) is 4.85. The third kappa shape index (κ3) is 4.65. The van der Waals surface area contributed by atoms with Crippen molar-refractivity contribution in [1.82, 2.24) is 4.90 Å².